The van der Waals surface area contributed by atoms with E-state index in [1.165, 1.54) is 25.7 Å². The second-order valence-corrected chi connectivity index (χ2v) is 6.69. The van der Waals surface area contributed by atoms with Crippen molar-refractivity contribution in [1.29, 1.82) is 0 Å². The van der Waals surface area contributed by atoms with Crippen LogP contribution in [0.2, 0.25) is 0 Å². The molecule has 1 aromatic carbocycles. The number of aliphatic hydroxyl groups excluding tert-OH is 1. The molecule has 0 saturated heterocycles. The third kappa shape index (κ3) is 5.28. The molecular weight excluding hydrogens is 330 g/mol. The maximum Gasteiger partial charge on any atom is 0.0945 e. The number of aliphatic hydroxyl groups is 1. The molecule has 4 heteroatoms. The van der Waals surface area contributed by atoms with E-state index in [0.717, 1.165) is 16.6 Å². The number of halogens is 1. The van der Waals surface area contributed by atoms with Crippen LogP contribution >= 0.6 is 15.9 Å². The first-order valence-corrected chi connectivity index (χ1v) is 8.78. The summed E-state index contributed by atoms with van der Waals surface area (Å²) >= 11 is 3.49. The Morgan fingerprint density at radius 3 is 2.86 bits per heavy atom. The van der Waals surface area contributed by atoms with Gasteiger partial charge in [0.05, 0.1) is 18.8 Å². The van der Waals surface area contributed by atoms with Gasteiger partial charge in [0, 0.05) is 16.7 Å². The molecule has 0 aromatic heterocycles. The average Bonchev–Trinajstić information content (AvgIpc) is 2.52. The van der Waals surface area contributed by atoms with E-state index >= 15 is 0 Å². The van der Waals surface area contributed by atoms with E-state index in [1.807, 2.05) is 24.3 Å². The number of nitrogens with one attached hydrogen (secondary N) is 1. The average molecular weight is 356 g/mol. The summed E-state index contributed by atoms with van der Waals surface area (Å²) in [4.78, 5) is 0. The summed E-state index contributed by atoms with van der Waals surface area (Å²) < 4.78 is 6.98. The molecule has 2 rings (SSSR count). The van der Waals surface area contributed by atoms with Crippen LogP contribution in [0.15, 0.2) is 28.7 Å². The number of anilines is 1. The largest absolute Gasteiger partial charge is 0.389 e. The lowest BCUT2D eigenvalue weighted by molar-refractivity contribution is -0.0473. The highest BCUT2D eigenvalue weighted by molar-refractivity contribution is 9.10. The van der Waals surface area contributed by atoms with Gasteiger partial charge in [0.25, 0.3) is 0 Å². The summed E-state index contributed by atoms with van der Waals surface area (Å²) in [6.45, 7) is 3.15. The van der Waals surface area contributed by atoms with Crippen LogP contribution in [0.3, 0.4) is 0 Å². The Bertz CT molecular complexity index is 427. The van der Waals surface area contributed by atoms with Gasteiger partial charge >= 0.3 is 0 Å². The van der Waals surface area contributed by atoms with Gasteiger partial charge in [-0.05, 0) is 46.8 Å². The summed E-state index contributed by atoms with van der Waals surface area (Å²) in [5.74, 6) is 0.669. The van der Waals surface area contributed by atoms with Crippen LogP contribution in [0.1, 0.15) is 39.0 Å². The Morgan fingerprint density at radius 2 is 2.10 bits per heavy atom. The monoisotopic (exact) mass is 355 g/mol. The van der Waals surface area contributed by atoms with Crippen LogP contribution < -0.4 is 5.32 Å². The van der Waals surface area contributed by atoms with Crippen LogP contribution in [0.5, 0.6) is 0 Å². The molecule has 1 fully saturated rings. The zero-order valence-corrected chi connectivity index (χ0v) is 14.3. The summed E-state index contributed by atoms with van der Waals surface area (Å²) in [6.07, 6.45) is 6.03. The predicted molar refractivity (Wildman–Crippen MR) is 90.6 cm³/mol. The SMILES string of the molecule is CCC1CCCCC1OCC(O)CNc1ccccc1Br. The molecule has 3 unspecified atom stereocenters. The molecule has 0 heterocycles. The molecule has 1 aliphatic rings. The second kappa shape index (κ2) is 8.76. The Kier molecular flexibility index (Phi) is 7.00. The molecule has 3 atom stereocenters. The molecule has 118 valence electrons. The van der Waals surface area contributed by atoms with Gasteiger partial charge < -0.3 is 15.2 Å². The summed E-state index contributed by atoms with van der Waals surface area (Å²) in [7, 11) is 0. The lowest BCUT2D eigenvalue weighted by Crippen LogP contribution is -2.33. The third-order valence-electron chi connectivity index (χ3n) is 4.27. The zero-order chi connectivity index (χ0) is 15.1. The highest BCUT2D eigenvalue weighted by Gasteiger charge is 2.24. The van der Waals surface area contributed by atoms with Gasteiger partial charge in [-0.3, -0.25) is 0 Å². The molecule has 1 aromatic rings. The van der Waals surface area contributed by atoms with Gasteiger partial charge in [-0.2, -0.15) is 0 Å². The Hall–Kier alpha value is -0.580. The van der Waals surface area contributed by atoms with E-state index in [9.17, 15) is 5.11 Å². The van der Waals surface area contributed by atoms with Crippen molar-refractivity contribution in [2.75, 3.05) is 18.5 Å². The fourth-order valence-electron chi connectivity index (χ4n) is 2.99. The minimum atomic E-state index is -0.475. The van der Waals surface area contributed by atoms with Gasteiger partial charge in [-0.1, -0.05) is 38.3 Å². The number of rotatable bonds is 7. The molecule has 0 bridgehead atoms. The molecule has 0 aliphatic heterocycles. The second-order valence-electron chi connectivity index (χ2n) is 5.84. The Labute approximate surface area is 136 Å². The normalized spacial score (nSPS) is 23.8. The maximum atomic E-state index is 10.1. The van der Waals surface area contributed by atoms with E-state index in [1.54, 1.807) is 0 Å². The van der Waals surface area contributed by atoms with Crippen LogP contribution in [-0.4, -0.2) is 30.5 Å². The van der Waals surface area contributed by atoms with Gasteiger partial charge in [0.2, 0.25) is 0 Å². The molecule has 0 radical (unpaired) electrons. The molecule has 21 heavy (non-hydrogen) atoms. The Balaban J connectivity index is 1.72. The zero-order valence-electron chi connectivity index (χ0n) is 12.7. The first kappa shape index (κ1) is 16.8. The minimum absolute atomic E-state index is 0.335. The molecule has 1 aliphatic carbocycles. The van der Waals surface area contributed by atoms with Gasteiger partial charge in [-0.25, -0.2) is 0 Å². The van der Waals surface area contributed by atoms with E-state index in [2.05, 4.69) is 28.2 Å². The fraction of sp³-hybridized carbons (Fsp3) is 0.647. The predicted octanol–water partition coefficient (Wildman–Crippen LogP) is 4.21. The van der Waals surface area contributed by atoms with E-state index in [4.69, 9.17) is 4.74 Å². The van der Waals surface area contributed by atoms with Gasteiger partial charge in [0.15, 0.2) is 0 Å². The maximum absolute atomic E-state index is 10.1. The smallest absolute Gasteiger partial charge is 0.0945 e. The van der Waals surface area contributed by atoms with Crippen LogP contribution in [0.25, 0.3) is 0 Å². The highest BCUT2D eigenvalue weighted by Crippen LogP contribution is 2.29. The van der Waals surface area contributed by atoms with Crippen LogP contribution in [0.4, 0.5) is 5.69 Å². The first-order valence-electron chi connectivity index (χ1n) is 7.98. The van der Waals surface area contributed by atoms with Crippen molar-refractivity contribution in [3.05, 3.63) is 28.7 Å². The quantitative estimate of drug-likeness (QED) is 0.769. The fourth-order valence-corrected chi connectivity index (χ4v) is 3.41. The lowest BCUT2D eigenvalue weighted by Gasteiger charge is -2.31. The van der Waals surface area contributed by atoms with E-state index < -0.39 is 6.10 Å². The van der Waals surface area contributed by atoms with E-state index in [-0.39, 0.29) is 0 Å². The summed E-state index contributed by atoms with van der Waals surface area (Å²) in [5, 5.41) is 13.3. The van der Waals surface area contributed by atoms with Crippen molar-refractivity contribution in [2.24, 2.45) is 5.92 Å². The number of hydrogen-bond acceptors (Lipinski definition) is 3. The molecular formula is C17H26BrNO2. The first-order chi connectivity index (χ1) is 10.2. The molecule has 0 spiro atoms. The third-order valence-corrected chi connectivity index (χ3v) is 4.96. The molecule has 3 nitrogen and oxygen atoms in total. The number of benzene rings is 1. The van der Waals surface area contributed by atoms with Crippen molar-refractivity contribution in [3.63, 3.8) is 0 Å². The lowest BCUT2D eigenvalue weighted by atomic mass is 9.85. The van der Waals surface area contributed by atoms with Crippen molar-refractivity contribution in [3.8, 4) is 0 Å². The molecule has 0 amide bonds. The number of ether oxygens (including phenoxy) is 1. The van der Waals surface area contributed by atoms with Gasteiger partial charge in [-0.15, -0.1) is 0 Å². The van der Waals surface area contributed by atoms with Crippen LogP contribution in [0, 0.1) is 5.92 Å². The van der Waals surface area contributed by atoms with Crippen LogP contribution in [-0.2, 0) is 4.74 Å². The number of para-hydroxylation sites is 1. The Morgan fingerprint density at radius 1 is 1.33 bits per heavy atom. The van der Waals surface area contributed by atoms with Crippen molar-refractivity contribution >= 4 is 21.6 Å². The minimum Gasteiger partial charge on any atom is -0.389 e. The van der Waals surface area contributed by atoms with E-state index in [0.29, 0.717) is 25.2 Å². The number of hydrogen-bond donors (Lipinski definition) is 2. The molecule has 1 saturated carbocycles. The standard InChI is InChI=1S/C17H26BrNO2/c1-2-13-7-3-6-10-17(13)21-12-14(20)11-19-16-9-5-4-8-15(16)18/h4-5,8-9,13-14,17,19-20H,2-3,6-7,10-12H2,1H3. The van der Waals surface area contributed by atoms with Gasteiger partial charge in [0.1, 0.15) is 0 Å². The highest BCUT2D eigenvalue weighted by atomic mass is 79.9. The topological polar surface area (TPSA) is 41.5 Å². The molecule has 2 N–H and O–H groups in total. The summed E-state index contributed by atoms with van der Waals surface area (Å²) in [6, 6.07) is 7.93. The van der Waals surface area contributed by atoms with Crippen molar-refractivity contribution in [2.45, 2.75) is 51.2 Å². The van der Waals surface area contributed by atoms with Crippen molar-refractivity contribution < 1.29 is 9.84 Å². The summed E-state index contributed by atoms with van der Waals surface area (Å²) in [5.41, 5.74) is 1.00. The van der Waals surface area contributed by atoms with Crippen molar-refractivity contribution in [1.82, 2.24) is 0 Å².